The van der Waals surface area contributed by atoms with Crippen molar-refractivity contribution in [3.05, 3.63) is 42.2 Å². The first-order valence-electron chi connectivity index (χ1n) is 6.14. The molecule has 0 unspecified atom stereocenters. The third kappa shape index (κ3) is 3.59. The van der Waals surface area contributed by atoms with E-state index in [1.165, 1.54) is 4.90 Å². The van der Waals surface area contributed by atoms with Crippen LogP contribution in [0.25, 0.3) is 0 Å². The van der Waals surface area contributed by atoms with E-state index in [4.69, 9.17) is 9.78 Å². The van der Waals surface area contributed by atoms with Crippen molar-refractivity contribution in [2.75, 3.05) is 16.8 Å². The molecule has 2 aromatic rings. The first kappa shape index (κ1) is 13.6. The monoisotopic (exact) mass is 270 g/mol. The van der Waals surface area contributed by atoms with Crippen LogP contribution in [0.5, 0.6) is 0 Å². The van der Waals surface area contributed by atoms with Crippen molar-refractivity contribution in [3.8, 4) is 6.19 Å². The van der Waals surface area contributed by atoms with Gasteiger partial charge in [-0.15, -0.1) is 0 Å². The van der Waals surface area contributed by atoms with E-state index < -0.39 is 0 Å². The Bertz CT molecular complexity index is 616. The molecule has 1 amide bonds. The van der Waals surface area contributed by atoms with E-state index in [1.807, 2.05) is 30.3 Å². The summed E-state index contributed by atoms with van der Waals surface area (Å²) in [5.41, 5.74) is 0.764. The summed E-state index contributed by atoms with van der Waals surface area (Å²) >= 11 is 0. The molecule has 1 aromatic heterocycles. The lowest BCUT2D eigenvalue weighted by Crippen LogP contribution is -2.23. The van der Waals surface area contributed by atoms with Crippen molar-refractivity contribution in [3.63, 3.8) is 0 Å². The molecule has 1 N–H and O–H groups in total. The molecule has 6 nitrogen and oxygen atoms in total. The lowest BCUT2D eigenvalue weighted by atomic mass is 10.3. The van der Waals surface area contributed by atoms with Crippen LogP contribution in [0.2, 0.25) is 0 Å². The molecule has 102 valence electrons. The average molecular weight is 270 g/mol. The third-order valence-corrected chi connectivity index (χ3v) is 2.65. The summed E-state index contributed by atoms with van der Waals surface area (Å²) < 4.78 is 4.85. The number of carbonyl (C=O) groups is 1. The Kier molecular flexibility index (Phi) is 4.35. The summed E-state index contributed by atoms with van der Waals surface area (Å²) in [4.78, 5) is 13.2. The largest absolute Gasteiger partial charge is 0.360 e. The number of aryl methyl sites for hydroxylation is 1. The van der Waals surface area contributed by atoms with E-state index in [2.05, 4.69) is 16.7 Å². The number of hydrogen-bond acceptors (Lipinski definition) is 5. The van der Waals surface area contributed by atoms with E-state index in [9.17, 15) is 4.79 Å². The minimum absolute atomic E-state index is 0.189. The lowest BCUT2D eigenvalue weighted by molar-refractivity contribution is -0.116. The maximum absolute atomic E-state index is 11.7. The number of nitrogens with one attached hydrogen (secondary N) is 1. The highest BCUT2D eigenvalue weighted by Gasteiger charge is 2.10. The molecule has 0 fully saturated rings. The van der Waals surface area contributed by atoms with Crippen LogP contribution in [0.4, 0.5) is 11.5 Å². The zero-order valence-electron chi connectivity index (χ0n) is 11.0. The highest BCUT2D eigenvalue weighted by Crippen LogP contribution is 2.13. The lowest BCUT2D eigenvalue weighted by Gasteiger charge is -2.14. The molecule has 0 aliphatic rings. The smallest absolute Gasteiger partial charge is 0.227 e. The van der Waals surface area contributed by atoms with Gasteiger partial charge in [-0.3, -0.25) is 9.69 Å². The fourth-order valence-electron chi connectivity index (χ4n) is 1.69. The first-order valence-corrected chi connectivity index (χ1v) is 6.14. The van der Waals surface area contributed by atoms with Crippen LogP contribution in [-0.2, 0) is 4.79 Å². The van der Waals surface area contributed by atoms with Crippen LogP contribution in [0.1, 0.15) is 12.2 Å². The normalized spacial score (nSPS) is 9.80. The Morgan fingerprint density at radius 3 is 2.80 bits per heavy atom. The van der Waals surface area contributed by atoms with Crippen LogP contribution in [0.15, 0.2) is 40.9 Å². The number of aromatic nitrogens is 1. The topological polar surface area (TPSA) is 82.2 Å². The van der Waals surface area contributed by atoms with Crippen LogP contribution >= 0.6 is 0 Å². The highest BCUT2D eigenvalue weighted by atomic mass is 16.5. The molecular weight excluding hydrogens is 256 g/mol. The van der Waals surface area contributed by atoms with Crippen LogP contribution in [0.3, 0.4) is 0 Å². The van der Waals surface area contributed by atoms with Gasteiger partial charge in [0.05, 0.1) is 5.69 Å². The first-order chi connectivity index (χ1) is 9.69. The molecule has 0 aliphatic heterocycles. The van der Waals surface area contributed by atoms with Gasteiger partial charge in [0.25, 0.3) is 0 Å². The maximum atomic E-state index is 11.7. The van der Waals surface area contributed by atoms with Crippen molar-refractivity contribution in [1.29, 1.82) is 5.26 Å². The molecule has 0 atom stereocenters. The van der Waals surface area contributed by atoms with Gasteiger partial charge in [0, 0.05) is 19.0 Å². The Morgan fingerprint density at radius 2 is 2.20 bits per heavy atom. The standard InChI is InChI=1S/C14H14N4O2/c1-11-9-13(17-20-11)16-14(19)7-8-18(10-15)12-5-3-2-4-6-12/h2-6,9H,7-8H2,1H3,(H,16,17,19). The van der Waals surface area contributed by atoms with Gasteiger partial charge in [0.15, 0.2) is 12.0 Å². The molecule has 0 spiro atoms. The molecular formula is C14H14N4O2. The number of para-hydroxylation sites is 1. The number of anilines is 2. The summed E-state index contributed by atoms with van der Waals surface area (Å²) in [5, 5.41) is 15.4. The van der Waals surface area contributed by atoms with Crippen LogP contribution in [-0.4, -0.2) is 17.6 Å². The Morgan fingerprint density at radius 1 is 1.45 bits per heavy atom. The second kappa shape index (κ2) is 6.38. The molecule has 0 saturated carbocycles. The predicted octanol–water partition coefficient (Wildman–Crippen LogP) is 2.30. The number of nitrogens with zero attached hydrogens (tertiary/aromatic N) is 3. The summed E-state index contributed by atoms with van der Waals surface area (Å²) in [6, 6.07) is 10.8. The quantitative estimate of drug-likeness (QED) is 0.666. The van der Waals surface area contributed by atoms with Gasteiger partial charge in [-0.25, -0.2) is 0 Å². The minimum Gasteiger partial charge on any atom is -0.360 e. The molecule has 1 heterocycles. The van der Waals surface area contributed by atoms with Crippen LogP contribution < -0.4 is 10.2 Å². The maximum Gasteiger partial charge on any atom is 0.227 e. The van der Waals surface area contributed by atoms with Gasteiger partial charge in [-0.1, -0.05) is 23.4 Å². The summed E-state index contributed by atoms with van der Waals surface area (Å²) in [6.07, 6.45) is 2.25. The molecule has 0 bridgehead atoms. The second-order valence-electron chi connectivity index (χ2n) is 4.21. The minimum atomic E-state index is -0.213. The Hall–Kier alpha value is -2.81. The van der Waals surface area contributed by atoms with E-state index in [1.54, 1.807) is 13.0 Å². The Labute approximate surface area is 116 Å². The van der Waals surface area contributed by atoms with E-state index in [0.717, 1.165) is 5.69 Å². The van der Waals surface area contributed by atoms with Crippen molar-refractivity contribution < 1.29 is 9.32 Å². The zero-order valence-corrected chi connectivity index (χ0v) is 11.0. The fraction of sp³-hybridized carbons (Fsp3) is 0.214. The average Bonchev–Trinajstić information content (AvgIpc) is 2.86. The van der Waals surface area contributed by atoms with Crippen LogP contribution in [0, 0.1) is 18.4 Å². The summed E-state index contributed by atoms with van der Waals surface area (Å²) in [5.74, 6) is 0.799. The number of amides is 1. The molecule has 2 rings (SSSR count). The molecule has 6 heteroatoms. The van der Waals surface area contributed by atoms with Crippen molar-refractivity contribution >= 4 is 17.4 Å². The molecule has 0 radical (unpaired) electrons. The number of carbonyl (C=O) groups excluding carboxylic acids is 1. The van der Waals surface area contributed by atoms with Gasteiger partial charge in [0.2, 0.25) is 5.91 Å². The second-order valence-corrected chi connectivity index (χ2v) is 4.21. The Balaban J connectivity index is 1.88. The fourth-order valence-corrected chi connectivity index (χ4v) is 1.69. The van der Waals surface area contributed by atoms with Gasteiger partial charge >= 0.3 is 0 Å². The van der Waals surface area contributed by atoms with Crippen molar-refractivity contribution in [2.24, 2.45) is 0 Å². The molecule has 0 saturated heterocycles. The van der Waals surface area contributed by atoms with Crippen molar-refractivity contribution in [2.45, 2.75) is 13.3 Å². The molecule has 0 aliphatic carbocycles. The van der Waals surface area contributed by atoms with Crippen molar-refractivity contribution in [1.82, 2.24) is 5.16 Å². The highest BCUT2D eigenvalue weighted by molar-refractivity contribution is 5.90. The zero-order chi connectivity index (χ0) is 14.4. The van der Waals surface area contributed by atoms with E-state index in [-0.39, 0.29) is 12.3 Å². The molecule has 1 aromatic carbocycles. The van der Waals surface area contributed by atoms with Gasteiger partial charge < -0.3 is 9.84 Å². The number of hydrogen-bond donors (Lipinski definition) is 1. The number of nitriles is 1. The van der Waals surface area contributed by atoms with E-state index in [0.29, 0.717) is 18.1 Å². The van der Waals surface area contributed by atoms with Gasteiger partial charge in [-0.2, -0.15) is 5.26 Å². The summed E-state index contributed by atoms with van der Waals surface area (Å²) in [7, 11) is 0. The number of rotatable bonds is 5. The SMILES string of the molecule is Cc1cc(NC(=O)CCN(C#N)c2ccccc2)no1. The molecule has 20 heavy (non-hydrogen) atoms. The van der Waals surface area contributed by atoms with E-state index >= 15 is 0 Å². The van der Waals surface area contributed by atoms with Gasteiger partial charge in [-0.05, 0) is 19.1 Å². The van der Waals surface area contributed by atoms with Gasteiger partial charge in [0.1, 0.15) is 5.76 Å². The third-order valence-electron chi connectivity index (χ3n) is 2.65. The number of benzene rings is 1. The predicted molar refractivity (Wildman–Crippen MR) is 73.9 cm³/mol. The summed E-state index contributed by atoms with van der Waals surface area (Å²) in [6.45, 7) is 2.05.